The van der Waals surface area contributed by atoms with Gasteiger partial charge in [0.1, 0.15) is 36.5 Å². The highest BCUT2D eigenvalue weighted by Crippen LogP contribution is 2.56. The summed E-state index contributed by atoms with van der Waals surface area (Å²) in [6.45, 7) is 0.962. The second-order valence-electron chi connectivity index (χ2n) is 11.6. The van der Waals surface area contributed by atoms with Crippen LogP contribution in [0, 0.1) is 0 Å². The maximum atomic E-state index is 15.0. The van der Waals surface area contributed by atoms with Gasteiger partial charge in [-0.25, -0.2) is 28.9 Å². The van der Waals surface area contributed by atoms with Crippen molar-refractivity contribution in [3.8, 4) is 0 Å². The van der Waals surface area contributed by atoms with Crippen LogP contribution < -0.4 is 16.6 Å². The standard InChI is InChI=1S/C24H32FN10O7PS/c1-24(2,3)33-23-31-20-17(21(37)32-23)30-9-34(20)15-5-13(14(6-36)41-15)42-43(38,44)39-7-11-4-12(25)22(40-11)35-10-29-16-18(26)27-8-28-19(16)35/h8-15,22,36H,4-7H2,1-3H3,(H,38,44)(H2,26,27,28)(H2,31,32,33,37)/t11-,12+,13-,14+,15+,22+,43?/m0/s1. The average molecular weight is 655 g/mol. The van der Waals surface area contributed by atoms with Crippen molar-refractivity contribution in [1.82, 2.24) is 39.0 Å². The number of anilines is 2. The number of aromatic nitrogens is 8. The molecule has 5 N–H and O–H groups in total. The van der Waals surface area contributed by atoms with Crippen molar-refractivity contribution < 1.29 is 32.6 Å². The molecule has 0 spiro atoms. The number of fused-ring (bicyclic) bond motifs is 2. The second kappa shape index (κ2) is 11.6. The number of thiol groups is 1. The number of aliphatic hydroxyl groups is 1. The number of aromatic amines is 1. The quantitative estimate of drug-likeness (QED) is 0.129. The van der Waals surface area contributed by atoms with Crippen molar-refractivity contribution in [3.63, 3.8) is 0 Å². The van der Waals surface area contributed by atoms with Gasteiger partial charge in [-0.2, -0.15) is 4.98 Å². The molecule has 0 radical (unpaired) electrons. The molecule has 2 aliphatic rings. The molecule has 6 rings (SSSR count). The van der Waals surface area contributed by atoms with Crippen LogP contribution >= 0.6 is 19.0 Å². The Hall–Kier alpha value is -3.19. The van der Waals surface area contributed by atoms with Gasteiger partial charge in [0.05, 0.1) is 32.0 Å². The van der Waals surface area contributed by atoms with Gasteiger partial charge in [0.2, 0.25) is 5.95 Å². The Labute approximate surface area is 254 Å². The van der Waals surface area contributed by atoms with Gasteiger partial charge in [-0.15, -0.1) is 0 Å². The highest BCUT2D eigenvalue weighted by Gasteiger charge is 2.43. The number of alkyl halides is 1. The molecule has 2 aliphatic heterocycles. The predicted molar refractivity (Wildman–Crippen MR) is 158 cm³/mol. The fraction of sp³-hybridized carbons (Fsp3) is 0.583. The number of H-pyrrole nitrogens is 1. The molecule has 2 saturated heterocycles. The Kier molecular flexibility index (Phi) is 8.14. The van der Waals surface area contributed by atoms with E-state index in [1.165, 1.54) is 23.5 Å². The average Bonchev–Trinajstić information content (AvgIpc) is 3.71. The van der Waals surface area contributed by atoms with Crippen molar-refractivity contribution in [2.45, 2.75) is 76.1 Å². The number of nitrogens with zero attached hydrogens (tertiary/aromatic N) is 7. The summed E-state index contributed by atoms with van der Waals surface area (Å²) in [5.41, 5.74) is 5.99. The molecule has 1 unspecified atom stereocenters. The van der Waals surface area contributed by atoms with Gasteiger partial charge >= 0.3 is 6.80 Å². The Morgan fingerprint density at radius 2 is 1.93 bits per heavy atom. The molecule has 0 amide bonds. The number of imidazole rings is 2. The third-order valence-electron chi connectivity index (χ3n) is 7.08. The van der Waals surface area contributed by atoms with E-state index >= 15 is 0 Å². The van der Waals surface area contributed by atoms with Crippen molar-refractivity contribution in [2.24, 2.45) is 0 Å². The van der Waals surface area contributed by atoms with Gasteiger partial charge < -0.3 is 25.6 Å². The van der Waals surface area contributed by atoms with Crippen LogP contribution in [0.2, 0.25) is 0 Å². The number of hydrogen-bond acceptors (Lipinski definition) is 14. The normalized spacial score (nSPS) is 27.3. The van der Waals surface area contributed by atoms with E-state index in [0.29, 0.717) is 11.2 Å². The summed E-state index contributed by atoms with van der Waals surface area (Å²) in [6, 6.07) is 0. The first-order valence-electron chi connectivity index (χ1n) is 13.7. The van der Waals surface area contributed by atoms with Gasteiger partial charge in [0, 0.05) is 18.4 Å². The molecule has 2 fully saturated rings. The number of rotatable bonds is 9. The summed E-state index contributed by atoms with van der Waals surface area (Å²) in [7, 11) is 0. The fourth-order valence-electron chi connectivity index (χ4n) is 5.19. The summed E-state index contributed by atoms with van der Waals surface area (Å²) < 4.78 is 54.1. The van der Waals surface area contributed by atoms with E-state index in [4.69, 9.17) is 24.3 Å². The summed E-state index contributed by atoms with van der Waals surface area (Å²) in [6.07, 6.45) is -1.79. The maximum absolute atomic E-state index is 15.0. The van der Waals surface area contributed by atoms with E-state index < -0.39 is 55.9 Å². The zero-order chi connectivity index (χ0) is 31.4. The SMILES string of the molecule is CC(C)(C)Nc1nc2c(ncn2[C@H]2C[C@H](OP(=O)(S)OC[C@@H]3C[C@@H](F)[C@H](n4cnc5c(N)ncnc54)O3)[C@@H](CO)O2)c(=O)[nH]1. The van der Waals surface area contributed by atoms with Crippen LogP contribution in [-0.4, -0.2) is 87.4 Å². The first-order valence-corrected chi connectivity index (χ1v) is 16.4. The van der Waals surface area contributed by atoms with Crippen LogP contribution in [-0.2, 0) is 23.1 Å². The van der Waals surface area contributed by atoms with Crippen molar-refractivity contribution >= 4 is 53.1 Å². The molecule has 0 saturated carbocycles. The minimum Gasteiger partial charge on any atom is -0.394 e. The number of nitrogens with two attached hydrogens (primary N) is 1. The predicted octanol–water partition coefficient (Wildman–Crippen LogP) is 2.10. The molecular weight excluding hydrogens is 622 g/mol. The van der Waals surface area contributed by atoms with Gasteiger partial charge in [0.15, 0.2) is 28.9 Å². The number of hydrogen-bond donors (Lipinski definition) is 5. The lowest BCUT2D eigenvalue weighted by Crippen LogP contribution is -2.29. The number of aliphatic hydroxyl groups excluding tert-OH is 1. The molecule has 44 heavy (non-hydrogen) atoms. The topological polar surface area (TPSA) is 219 Å². The number of nitrogens with one attached hydrogen (secondary N) is 2. The van der Waals surface area contributed by atoms with Crippen LogP contribution in [0.3, 0.4) is 0 Å². The molecule has 20 heteroatoms. The lowest BCUT2D eigenvalue weighted by Gasteiger charge is -2.22. The molecule has 4 aromatic heterocycles. The van der Waals surface area contributed by atoms with E-state index in [9.17, 15) is 18.9 Å². The molecule has 0 aliphatic carbocycles. The third-order valence-corrected chi connectivity index (χ3v) is 8.72. The molecule has 6 heterocycles. The second-order valence-corrected chi connectivity index (χ2v) is 14.4. The Morgan fingerprint density at radius 3 is 2.68 bits per heavy atom. The minimum absolute atomic E-state index is 0.0571. The summed E-state index contributed by atoms with van der Waals surface area (Å²) in [5, 5.41) is 13.1. The Morgan fingerprint density at radius 1 is 1.18 bits per heavy atom. The summed E-state index contributed by atoms with van der Waals surface area (Å²) in [4.78, 5) is 36.1. The largest absolute Gasteiger partial charge is 0.394 e. The summed E-state index contributed by atoms with van der Waals surface area (Å²) in [5.74, 6) is 0.406. The summed E-state index contributed by atoms with van der Waals surface area (Å²) >= 11 is 4.10. The first kappa shape index (κ1) is 30.8. The molecule has 17 nitrogen and oxygen atoms in total. The van der Waals surface area contributed by atoms with Gasteiger partial charge in [0.25, 0.3) is 5.56 Å². The molecular formula is C24H32FN10O7PS. The van der Waals surface area contributed by atoms with E-state index in [0.717, 1.165) is 0 Å². The van der Waals surface area contributed by atoms with Crippen molar-refractivity contribution in [2.75, 3.05) is 24.3 Å². The molecule has 7 atom stereocenters. The zero-order valence-corrected chi connectivity index (χ0v) is 25.7. The lowest BCUT2D eigenvalue weighted by molar-refractivity contribution is -0.0447. The minimum atomic E-state index is -4.04. The van der Waals surface area contributed by atoms with Crippen molar-refractivity contribution in [3.05, 3.63) is 29.3 Å². The molecule has 4 aromatic rings. The zero-order valence-electron chi connectivity index (χ0n) is 23.9. The van der Waals surface area contributed by atoms with Crippen molar-refractivity contribution in [1.29, 1.82) is 0 Å². The van der Waals surface area contributed by atoms with Crippen LogP contribution in [0.25, 0.3) is 22.3 Å². The highest BCUT2D eigenvalue weighted by atomic mass is 32.7. The van der Waals surface area contributed by atoms with E-state index in [2.05, 4.69) is 47.5 Å². The highest BCUT2D eigenvalue weighted by molar-refractivity contribution is 8.44. The molecule has 0 aromatic carbocycles. The first-order chi connectivity index (χ1) is 20.8. The van der Waals surface area contributed by atoms with E-state index in [1.54, 1.807) is 4.57 Å². The van der Waals surface area contributed by atoms with Crippen LogP contribution in [0.1, 0.15) is 46.1 Å². The monoisotopic (exact) mass is 654 g/mol. The lowest BCUT2D eigenvalue weighted by atomic mass is 10.1. The maximum Gasteiger partial charge on any atom is 0.386 e. The van der Waals surface area contributed by atoms with Crippen LogP contribution in [0.5, 0.6) is 0 Å². The van der Waals surface area contributed by atoms with E-state index in [1.807, 2.05) is 20.8 Å². The third kappa shape index (κ3) is 6.17. The smallest absolute Gasteiger partial charge is 0.386 e. The number of nitrogen functional groups attached to an aromatic ring is 1. The number of halogens is 1. The van der Waals surface area contributed by atoms with Gasteiger partial charge in [-0.1, -0.05) is 12.2 Å². The van der Waals surface area contributed by atoms with Crippen LogP contribution in [0.15, 0.2) is 23.8 Å². The van der Waals surface area contributed by atoms with Gasteiger partial charge in [-0.05, 0) is 20.8 Å². The van der Waals surface area contributed by atoms with Crippen LogP contribution in [0.4, 0.5) is 16.2 Å². The number of ether oxygens (including phenoxy) is 2. The Balaban J connectivity index is 1.11. The van der Waals surface area contributed by atoms with E-state index in [-0.39, 0.29) is 47.9 Å². The molecule has 238 valence electrons. The Bertz CT molecular complexity index is 1780. The fourth-order valence-corrected chi connectivity index (χ4v) is 6.73. The van der Waals surface area contributed by atoms with Gasteiger partial charge in [-0.3, -0.25) is 28.0 Å². The molecule has 0 bridgehead atoms.